The van der Waals surface area contributed by atoms with Gasteiger partial charge in [0, 0.05) is 35.2 Å². The first-order valence-corrected chi connectivity index (χ1v) is 7.82. The summed E-state index contributed by atoms with van der Waals surface area (Å²) in [6.07, 6.45) is 0.395. The third kappa shape index (κ3) is 5.02. The van der Waals surface area contributed by atoms with Crippen LogP contribution in [0.5, 0.6) is 0 Å². The van der Waals surface area contributed by atoms with Crippen molar-refractivity contribution in [3.8, 4) is 0 Å². The highest BCUT2D eigenvalue weighted by molar-refractivity contribution is 6.31. The van der Waals surface area contributed by atoms with Crippen LogP contribution in [0.1, 0.15) is 17.5 Å². The van der Waals surface area contributed by atoms with Crippen LogP contribution in [0.15, 0.2) is 42.5 Å². The molecule has 0 spiro atoms. The summed E-state index contributed by atoms with van der Waals surface area (Å²) in [5.74, 6) is -0.0305. The summed E-state index contributed by atoms with van der Waals surface area (Å²) in [4.78, 5) is 11.9. The standard InChI is InChI=1S/C17H18Cl2N2O/c1-12-10-14(18)6-7-16(12)21-17(22)8-9-20-11-13-4-2-3-5-15(13)19/h2-7,10,20H,8-9,11H2,1H3,(H,21,22). The second kappa shape index (κ2) is 8.18. The molecule has 2 N–H and O–H groups in total. The first kappa shape index (κ1) is 16.8. The molecule has 0 aliphatic rings. The molecular formula is C17H18Cl2N2O. The van der Waals surface area contributed by atoms with Gasteiger partial charge in [-0.15, -0.1) is 0 Å². The first-order valence-electron chi connectivity index (χ1n) is 7.06. The molecule has 0 aromatic heterocycles. The summed E-state index contributed by atoms with van der Waals surface area (Å²) < 4.78 is 0. The zero-order valence-corrected chi connectivity index (χ0v) is 13.8. The predicted octanol–water partition coefficient (Wildman–Crippen LogP) is 4.42. The molecule has 0 unspecified atom stereocenters. The van der Waals surface area contributed by atoms with Gasteiger partial charge in [-0.05, 0) is 42.3 Å². The summed E-state index contributed by atoms with van der Waals surface area (Å²) in [6.45, 7) is 3.15. The molecule has 0 saturated carbocycles. The SMILES string of the molecule is Cc1cc(Cl)ccc1NC(=O)CCNCc1ccccc1Cl. The van der Waals surface area contributed by atoms with E-state index in [4.69, 9.17) is 23.2 Å². The molecule has 0 saturated heterocycles. The number of amides is 1. The van der Waals surface area contributed by atoms with Crippen molar-refractivity contribution in [2.45, 2.75) is 19.9 Å². The Bertz CT molecular complexity index is 659. The van der Waals surface area contributed by atoms with Crippen molar-refractivity contribution in [2.24, 2.45) is 0 Å². The Morgan fingerprint density at radius 2 is 1.91 bits per heavy atom. The van der Waals surface area contributed by atoms with E-state index in [2.05, 4.69) is 10.6 Å². The maximum atomic E-state index is 11.9. The molecule has 0 radical (unpaired) electrons. The number of carbonyl (C=O) groups is 1. The van der Waals surface area contributed by atoms with E-state index in [-0.39, 0.29) is 5.91 Å². The van der Waals surface area contributed by atoms with Crippen LogP contribution in [0, 0.1) is 6.92 Å². The molecule has 2 aromatic carbocycles. The summed E-state index contributed by atoms with van der Waals surface area (Å²) in [6, 6.07) is 13.1. The normalized spacial score (nSPS) is 10.5. The van der Waals surface area contributed by atoms with Crippen molar-refractivity contribution in [1.82, 2.24) is 5.32 Å². The fourth-order valence-electron chi connectivity index (χ4n) is 2.05. The molecule has 0 atom stereocenters. The molecule has 0 bridgehead atoms. The van der Waals surface area contributed by atoms with Crippen molar-refractivity contribution in [1.29, 1.82) is 0 Å². The zero-order valence-electron chi connectivity index (χ0n) is 12.3. The number of benzene rings is 2. The molecule has 1 amide bonds. The van der Waals surface area contributed by atoms with E-state index in [1.165, 1.54) is 0 Å². The largest absolute Gasteiger partial charge is 0.326 e. The summed E-state index contributed by atoms with van der Waals surface area (Å²) in [5.41, 5.74) is 2.77. The summed E-state index contributed by atoms with van der Waals surface area (Å²) >= 11 is 12.0. The van der Waals surface area contributed by atoms with Gasteiger partial charge in [-0.25, -0.2) is 0 Å². The van der Waals surface area contributed by atoms with Crippen LogP contribution in [0.3, 0.4) is 0 Å². The Hall–Kier alpha value is -1.55. The lowest BCUT2D eigenvalue weighted by molar-refractivity contribution is -0.116. The molecule has 0 heterocycles. The van der Waals surface area contributed by atoms with Crippen molar-refractivity contribution in [3.05, 3.63) is 63.6 Å². The van der Waals surface area contributed by atoms with Crippen molar-refractivity contribution < 1.29 is 4.79 Å². The molecular weight excluding hydrogens is 319 g/mol. The molecule has 22 heavy (non-hydrogen) atoms. The highest BCUT2D eigenvalue weighted by Gasteiger charge is 2.05. The Morgan fingerprint density at radius 3 is 2.64 bits per heavy atom. The molecule has 2 aromatic rings. The van der Waals surface area contributed by atoms with Gasteiger partial charge in [0.15, 0.2) is 0 Å². The van der Waals surface area contributed by atoms with E-state index >= 15 is 0 Å². The lowest BCUT2D eigenvalue weighted by atomic mass is 10.2. The average molecular weight is 337 g/mol. The van der Waals surface area contributed by atoms with Gasteiger partial charge in [0.2, 0.25) is 5.91 Å². The van der Waals surface area contributed by atoms with Crippen LogP contribution in [0.2, 0.25) is 10.0 Å². The van der Waals surface area contributed by atoms with Gasteiger partial charge < -0.3 is 10.6 Å². The van der Waals surface area contributed by atoms with Crippen LogP contribution >= 0.6 is 23.2 Å². The maximum absolute atomic E-state index is 11.9. The van der Waals surface area contributed by atoms with E-state index in [1.807, 2.05) is 43.3 Å². The lowest BCUT2D eigenvalue weighted by Gasteiger charge is -2.09. The number of rotatable bonds is 6. The predicted molar refractivity (Wildman–Crippen MR) is 92.6 cm³/mol. The lowest BCUT2D eigenvalue weighted by Crippen LogP contribution is -2.21. The minimum atomic E-state index is -0.0305. The number of hydrogen-bond donors (Lipinski definition) is 2. The Kier molecular flexibility index (Phi) is 6.25. The fourth-order valence-corrected chi connectivity index (χ4v) is 2.48. The summed E-state index contributed by atoms with van der Waals surface area (Å²) in [7, 11) is 0. The van der Waals surface area contributed by atoms with E-state index in [9.17, 15) is 4.79 Å². The number of carbonyl (C=O) groups excluding carboxylic acids is 1. The number of aryl methyl sites for hydroxylation is 1. The van der Waals surface area contributed by atoms with Crippen LogP contribution in [0.25, 0.3) is 0 Å². The number of halogens is 2. The molecule has 5 heteroatoms. The number of nitrogens with one attached hydrogen (secondary N) is 2. The van der Waals surface area contributed by atoms with Gasteiger partial charge in [-0.2, -0.15) is 0 Å². The van der Waals surface area contributed by atoms with E-state index in [0.29, 0.717) is 24.5 Å². The Morgan fingerprint density at radius 1 is 1.14 bits per heavy atom. The van der Waals surface area contributed by atoms with Gasteiger partial charge in [0.25, 0.3) is 0 Å². The Balaban J connectivity index is 1.75. The quantitative estimate of drug-likeness (QED) is 0.766. The van der Waals surface area contributed by atoms with Crippen LogP contribution in [-0.2, 0) is 11.3 Å². The highest BCUT2D eigenvalue weighted by atomic mass is 35.5. The fraction of sp³-hybridized carbons (Fsp3) is 0.235. The number of anilines is 1. The van der Waals surface area contributed by atoms with Gasteiger partial charge in [-0.3, -0.25) is 4.79 Å². The van der Waals surface area contributed by atoms with Gasteiger partial charge in [-0.1, -0.05) is 41.4 Å². The molecule has 0 aliphatic heterocycles. The maximum Gasteiger partial charge on any atom is 0.225 e. The third-order valence-corrected chi connectivity index (χ3v) is 3.87. The second-order valence-electron chi connectivity index (χ2n) is 5.03. The average Bonchev–Trinajstić information content (AvgIpc) is 2.48. The second-order valence-corrected chi connectivity index (χ2v) is 5.87. The van der Waals surface area contributed by atoms with Gasteiger partial charge in [0.05, 0.1) is 0 Å². The zero-order chi connectivity index (χ0) is 15.9. The van der Waals surface area contributed by atoms with Crippen molar-refractivity contribution in [2.75, 3.05) is 11.9 Å². The van der Waals surface area contributed by atoms with Crippen molar-refractivity contribution in [3.63, 3.8) is 0 Å². The van der Waals surface area contributed by atoms with E-state index < -0.39 is 0 Å². The Labute approximate surface area is 140 Å². The van der Waals surface area contributed by atoms with E-state index in [1.54, 1.807) is 6.07 Å². The van der Waals surface area contributed by atoms with Crippen LogP contribution in [0.4, 0.5) is 5.69 Å². The number of hydrogen-bond acceptors (Lipinski definition) is 2. The topological polar surface area (TPSA) is 41.1 Å². The molecule has 116 valence electrons. The van der Waals surface area contributed by atoms with Crippen LogP contribution < -0.4 is 10.6 Å². The summed E-state index contributed by atoms with van der Waals surface area (Å²) in [5, 5.41) is 7.50. The third-order valence-electron chi connectivity index (χ3n) is 3.26. The smallest absolute Gasteiger partial charge is 0.225 e. The van der Waals surface area contributed by atoms with Gasteiger partial charge >= 0.3 is 0 Å². The molecule has 2 rings (SSSR count). The minimum absolute atomic E-state index is 0.0305. The van der Waals surface area contributed by atoms with Gasteiger partial charge in [0.1, 0.15) is 0 Å². The van der Waals surface area contributed by atoms with Crippen LogP contribution in [-0.4, -0.2) is 12.5 Å². The highest BCUT2D eigenvalue weighted by Crippen LogP contribution is 2.19. The molecule has 3 nitrogen and oxygen atoms in total. The molecule has 0 aliphatic carbocycles. The minimum Gasteiger partial charge on any atom is -0.326 e. The monoisotopic (exact) mass is 336 g/mol. The van der Waals surface area contributed by atoms with Crippen molar-refractivity contribution >= 4 is 34.8 Å². The molecule has 0 fully saturated rings. The first-order chi connectivity index (χ1) is 10.6. The van der Waals surface area contributed by atoms with E-state index in [0.717, 1.165) is 21.8 Å².